The molecule has 6 heteroatoms. The maximum Gasteiger partial charge on any atom is 0.286 e. The van der Waals surface area contributed by atoms with Crippen molar-refractivity contribution in [3.8, 4) is 0 Å². The topological polar surface area (TPSA) is 58.5 Å². The molecule has 1 aliphatic rings. The third-order valence-corrected chi connectivity index (χ3v) is 5.66. The molecular formula is C15H14N2O2S2. The molecule has 0 aliphatic carbocycles. The predicted octanol–water partition coefficient (Wildman–Crippen LogP) is 3.65. The van der Waals surface area contributed by atoms with Crippen LogP contribution >= 0.6 is 11.8 Å². The Labute approximate surface area is 128 Å². The fourth-order valence-electron chi connectivity index (χ4n) is 2.10. The molecule has 0 bridgehead atoms. The van der Waals surface area contributed by atoms with Gasteiger partial charge in [-0.25, -0.2) is 0 Å². The second-order valence-electron chi connectivity index (χ2n) is 4.66. The Kier molecular flexibility index (Phi) is 3.73. The van der Waals surface area contributed by atoms with Crippen LogP contribution in [0.5, 0.6) is 0 Å². The van der Waals surface area contributed by atoms with E-state index >= 15 is 0 Å². The molecule has 21 heavy (non-hydrogen) atoms. The normalized spacial score (nSPS) is 17.3. The van der Waals surface area contributed by atoms with Crippen molar-refractivity contribution in [2.45, 2.75) is 17.1 Å². The maximum atomic E-state index is 12.2. The summed E-state index contributed by atoms with van der Waals surface area (Å²) in [5, 5.41) is 3.60. The molecule has 0 spiro atoms. The van der Waals surface area contributed by atoms with Crippen molar-refractivity contribution in [1.29, 1.82) is 0 Å². The molecule has 1 aliphatic heterocycles. The van der Waals surface area contributed by atoms with Gasteiger partial charge >= 0.3 is 0 Å². The fraction of sp³-hybridized carbons (Fsp3) is 0.133. The van der Waals surface area contributed by atoms with Gasteiger partial charge in [0.15, 0.2) is 5.17 Å². The van der Waals surface area contributed by atoms with Crippen LogP contribution in [-0.4, -0.2) is 13.6 Å². The largest absolute Gasteiger partial charge is 0.333 e. The highest BCUT2D eigenvalue weighted by Crippen LogP contribution is 2.34. The van der Waals surface area contributed by atoms with Crippen molar-refractivity contribution in [1.82, 2.24) is 0 Å². The highest BCUT2D eigenvalue weighted by Gasteiger charge is 2.25. The first-order chi connectivity index (χ1) is 10.1. The van der Waals surface area contributed by atoms with Crippen molar-refractivity contribution in [2.24, 2.45) is 4.40 Å². The summed E-state index contributed by atoms with van der Waals surface area (Å²) in [4.78, 5) is 0.224. The number of fused-ring (bicyclic) bond motifs is 1. The lowest BCUT2D eigenvalue weighted by Crippen LogP contribution is -2.19. The number of thioether (sulfide) groups is 1. The van der Waals surface area contributed by atoms with Crippen molar-refractivity contribution < 1.29 is 8.42 Å². The van der Waals surface area contributed by atoms with E-state index in [0.717, 1.165) is 5.56 Å². The van der Waals surface area contributed by atoms with Crippen LogP contribution in [0.25, 0.3) is 0 Å². The van der Waals surface area contributed by atoms with Gasteiger partial charge < -0.3 is 5.32 Å². The van der Waals surface area contributed by atoms with Gasteiger partial charge in [0, 0.05) is 5.25 Å². The van der Waals surface area contributed by atoms with E-state index in [1.807, 2.05) is 37.3 Å². The first kappa shape index (κ1) is 14.2. The van der Waals surface area contributed by atoms with Gasteiger partial charge in [-0.1, -0.05) is 54.2 Å². The van der Waals surface area contributed by atoms with Gasteiger partial charge in [-0.2, -0.15) is 8.42 Å². The summed E-state index contributed by atoms with van der Waals surface area (Å²) in [5.41, 5.74) is 1.71. The van der Waals surface area contributed by atoms with Gasteiger partial charge in [0.1, 0.15) is 4.90 Å². The molecule has 2 aromatic rings. The van der Waals surface area contributed by atoms with Crippen LogP contribution in [0.2, 0.25) is 0 Å². The molecule has 1 N–H and O–H groups in total. The third kappa shape index (κ3) is 2.96. The van der Waals surface area contributed by atoms with E-state index in [0.29, 0.717) is 10.9 Å². The number of nitrogens with one attached hydrogen (secondary N) is 1. The summed E-state index contributed by atoms with van der Waals surface area (Å²) in [7, 11) is -3.61. The average molecular weight is 318 g/mol. The van der Waals surface area contributed by atoms with Crippen LogP contribution in [0.15, 0.2) is 63.9 Å². The lowest BCUT2D eigenvalue weighted by molar-refractivity contribution is 0.598. The van der Waals surface area contributed by atoms with E-state index in [2.05, 4.69) is 9.71 Å². The molecule has 0 saturated heterocycles. The second-order valence-corrected chi connectivity index (χ2v) is 7.57. The number of sulfonamides is 1. The number of hydrogen-bond donors (Lipinski definition) is 1. The monoisotopic (exact) mass is 318 g/mol. The highest BCUT2D eigenvalue weighted by atomic mass is 32.2. The van der Waals surface area contributed by atoms with E-state index in [4.69, 9.17) is 0 Å². The zero-order valence-electron chi connectivity index (χ0n) is 11.4. The molecule has 2 aromatic carbocycles. The van der Waals surface area contributed by atoms with Gasteiger partial charge in [0.25, 0.3) is 10.0 Å². The molecule has 0 radical (unpaired) electrons. The SMILES string of the molecule is CC(SC1=NS(=O)(=O)c2ccccc2N1)c1ccccc1. The molecule has 0 aromatic heterocycles. The lowest BCUT2D eigenvalue weighted by atomic mass is 10.2. The van der Waals surface area contributed by atoms with Crippen LogP contribution in [0.3, 0.4) is 0 Å². The number of para-hydroxylation sites is 1. The van der Waals surface area contributed by atoms with E-state index in [1.54, 1.807) is 24.3 Å². The number of rotatable bonds is 2. The van der Waals surface area contributed by atoms with E-state index in [-0.39, 0.29) is 10.1 Å². The Hall–Kier alpha value is -1.79. The number of anilines is 1. The van der Waals surface area contributed by atoms with Crippen molar-refractivity contribution in [3.63, 3.8) is 0 Å². The molecule has 0 saturated carbocycles. The molecule has 4 nitrogen and oxygen atoms in total. The van der Waals surface area contributed by atoms with Crippen molar-refractivity contribution in [3.05, 3.63) is 60.2 Å². The number of hydrogen-bond acceptors (Lipinski definition) is 4. The second kappa shape index (κ2) is 5.54. The standard InChI is InChI=1S/C15H14N2O2S2/c1-11(12-7-3-2-4-8-12)20-15-16-13-9-5-6-10-14(13)21(18,19)17-15/h2-11H,1H3,(H,16,17). The highest BCUT2D eigenvalue weighted by molar-refractivity contribution is 8.15. The molecule has 0 amide bonds. The average Bonchev–Trinajstić information content (AvgIpc) is 2.47. The van der Waals surface area contributed by atoms with Gasteiger partial charge in [0.05, 0.1) is 5.69 Å². The molecule has 0 fully saturated rings. The molecule has 1 atom stereocenters. The maximum absolute atomic E-state index is 12.2. The summed E-state index contributed by atoms with van der Waals surface area (Å²) in [6.07, 6.45) is 0. The fourth-order valence-corrected chi connectivity index (χ4v) is 4.38. The number of amidine groups is 1. The minimum absolute atomic E-state index is 0.109. The van der Waals surface area contributed by atoms with Gasteiger partial charge in [-0.15, -0.1) is 4.40 Å². The summed E-state index contributed by atoms with van der Waals surface area (Å²) < 4.78 is 28.2. The number of nitrogens with zero attached hydrogens (tertiary/aromatic N) is 1. The first-order valence-electron chi connectivity index (χ1n) is 6.49. The summed E-state index contributed by atoms with van der Waals surface area (Å²) in [6, 6.07) is 16.7. The summed E-state index contributed by atoms with van der Waals surface area (Å²) >= 11 is 1.40. The van der Waals surface area contributed by atoms with Crippen LogP contribution in [-0.2, 0) is 10.0 Å². The quantitative estimate of drug-likeness (QED) is 0.918. The first-order valence-corrected chi connectivity index (χ1v) is 8.81. The molecule has 1 unspecified atom stereocenters. The van der Waals surface area contributed by atoms with Crippen LogP contribution in [0, 0.1) is 0 Å². The Bertz CT molecular complexity index is 786. The summed E-state index contributed by atoms with van der Waals surface area (Å²) in [5.74, 6) is 0. The van der Waals surface area contributed by atoms with E-state index in [1.165, 1.54) is 11.8 Å². The van der Waals surface area contributed by atoms with Gasteiger partial charge in [0.2, 0.25) is 0 Å². The Morgan fingerprint density at radius 2 is 1.71 bits per heavy atom. The lowest BCUT2D eigenvalue weighted by Gasteiger charge is -2.19. The Balaban J connectivity index is 1.87. The predicted molar refractivity (Wildman–Crippen MR) is 87.1 cm³/mol. The van der Waals surface area contributed by atoms with Gasteiger partial charge in [-0.05, 0) is 24.6 Å². The zero-order chi connectivity index (χ0) is 14.9. The van der Waals surface area contributed by atoms with Gasteiger partial charge in [-0.3, -0.25) is 0 Å². The third-order valence-electron chi connectivity index (χ3n) is 3.17. The van der Waals surface area contributed by atoms with Crippen LogP contribution in [0.4, 0.5) is 5.69 Å². The minimum atomic E-state index is -3.61. The van der Waals surface area contributed by atoms with E-state index < -0.39 is 10.0 Å². The number of benzene rings is 2. The molecule has 3 rings (SSSR count). The molecule has 1 heterocycles. The van der Waals surface area contributed by atoms with Crippen LogP contribution < -0.4 is 5.32 Å². The Morgan fingerprint density at radius 1 is 1.05 bits per heavy atom. The zero-order valence-corrected chi connectivity index (χ0v) is 13.0. The summed E-state index contributed by atoms with van der Waals surface area (Å²) in [6.45, 7) is 2.03. The smallest absolute Gasteiger partial charge is 0.286 e. The molecular weight excluding hydrogens is 304 g/mol. The van der Waals surface area contributed by atoms with Crippen molar-refractivity contribution >= 4 is 32.6 Å². The van der Waals surface area contributed by atoms with Crippen LogP contribution in [0.1, 0.15) is 17.7 Å². The van der Waals surface area contributed by atoms with Crippen molar-refractivity contribution in [2.75, 3.05) is 5.32 Å². The van der Waals surface area contributed by atoms with E-state index in [9.17, 15) is 8.42 Å². The Morgan fingerprint density at radius 3 is 2.48 bits per heavy atom. The minimum Gasteiger partial charge on any atom is -0.333 e. The molecule has 108 valence electrons.